The Balaban J connectivity index is 1.52. The summed E-state index contributed by atoms with van der Waals surface area (Å²) in [5.41, 5.74) is -0.244. The van der Waals surface area contributed by atoms with Gasteiger partial charge in [-0.15, -0.1) is 0 Å². The van der Waals surface area contributed by atoms with E-state index in [9.17, 15) is 61.2 Å². The van der Waals surface area contributed by atoms with Crippen molar-refractivity contribution in [1.82, 2.24) is 0 Å². The molecule has 1 aromatic rings. The third kappa shape index (κ3) is 7.06. The highest BCUT2D eigenvalue weighted by molar-refractivity contribution is 5.36. The van der Waals surface area contributed by atoms with Crippen LogP contribution in [0.2, 0.25) is 0 Å². The lowest BCUT2D eigenvalue weighted by Gasteiger charge is -2.48. The minimum Gasteiger partial charge on any atom is -0.462 e. The number of hydrogen-bond acceptors (Lipinski definition) is 18. The van der Waals surface area contributed by atoms with E-state index in [4.69, 9.17) is 28.4 Å². The Morgan fingerprint density at radius 2 is 1.02 bits per heavy atom. The molecule has 15 atom stereocenters. The van der Waals surface area contributed by atoms with E-state index in [1.165, 1.54) is 12.1 Å². The van der Waals surface area contributed by atoms with Gasteiger partial charge in [0, 0.05) is 12.1 Å². The van der Waals surface area contributed by atoms with Crippen LogP contribution in [0.25, 0.3) is 0 Å². The van der Waals surface area contributed by atoms with E-state index in [0.717, 1.165) is 12.1 Å². The van der Waals surface area contributed by atoms with E-state index in [0.29, 0.717) is 0 Å². The Kier molecular flexibility index (Phi) is 11.2. The van der Waals surface area contributed by atoms with Crippen molar-refractivity contribution < 1.29 is 84.4 Å². The number of nitro benzene ring substituents is 1. The topological polar surface area (TPSA) is 301 Å². The zero-order valence-corrected chi connectivity index (χ0v) is 22.3. The Morgan fingerprint density at radius 1 is 0.605 bits per heavy atom. The molecule has 10 N–H and O–H groups in total. The number of ether oxygens (including phenoxy) is 6. The van der Waals surface area contributed by atoms with E-state index in [2.05, 4.69) is 0 Å². The molecule has 3 saturated heterocycles. The molecule has 0 amide bonds. The molecule has 19 heteroatoms. The van der Waals surface area contributed by atoms with Crippen LogP contribution in [-0.4, -0.2) is 168 Å². The maximum atomic E-state index is 11.0. The van der Waals surface area contributed by atoms with Gasteiger partial charge < -0.3 is 79.5 Å². The van der Waals surface area contributed by atoms with Gasteiger partial charge in [0.1, 0.15) is 79.0 Å². The predicted molar refractivity (Wildman–Crippen MR) is 133 cm³/mol. The SMILES string of the molecule is O=[N+]([O-])c1ccc(O[C@@H]2O[C@H](CO)[C@@H](O)[C@H](O[C@@H]3O[C@H](CO)[C@@H](O)[C@H](O[C@@H]4O[C@H](CO)[C@@H](O)[C@H](O)[C@H]4O)[C@H]3O)[C@H]2O)cc1. The number of nitrogens with zero attached hydrogens (tertiary/aromatic N) is 1. The first-order valence-electron chi connectivity index (χ1n) is 13.2. The fourth-order valence-corrected chi connectivity index (χ4v) is 4.91. The first-order valence-corrected chi connectivity index (χ1v) is 13.2. The molecule has 3 heterocycles. The number of rotatable bonds is 10. The number of aliphatic hydroxyl groups excluding tert-OH is 10. The molecule has 3 aliphatic heterocycles. The third-order valence-electron chi connectivity index (χ3n) is 7.37. The lowest BCUT2D eigenvalue weighted by Crippen LogP contribution is -2.67. The summed E-state index contributed by atoms with van der Waals surface area (Å²) in [5.74, 6) is 0.00638. The molecule has 0 saturated carbocycles. The molecule has 0 aromatic heterocycles. The number of hydrogen-bond donors (Lipinski definition) is 10. The summed E-state index contributed by atoms with van der Waals surface area (Å²) in [7, 11) is 0. The first-order chi connectivity index (χ1) is 20.4. The second-order valence-electron chi connectivity index (χ2n) is 10.2. The third-order valence-corrected chi connectivity index (χ3v) is 7.37. The average molecular weight is 626 g/mol. The normalized spacial score (nSPS) is 43.7. The number of benzene rings is 1. The summed E-state index contributed by atoms with van der Waals surface area (Å²) in [5, 5.41) is 114. The fourth-order valence-electron chi connectivity index (χ4n) is 4.91. The van der Waals surface area contributed by atoms with E-state index in [1.807, 2.05) is 0 Å². The highest BCUT2D eigenvalue weighted by Crippen LogP contribution is 2.33. The molecule has 244 valence electrons. The van der Waals surface area contributed by atoms with Crippen molar-refractivity contribution in [2.45, 2.75) is 92.1 Å². The van der Waals surface area contributed by atoms with Crippen LogP contribution in [0.15, 0.2) is 24.3 Å². The van der Waals surface area contributed by atoms with Crippen molar-refractivity contribution in [3.8, 4) is 5.75 Å². The van der Waals surface area contributed by atoms with Crippen LogP contribution in [0.5, 0.6) is 5.75 Å². The van der Waals surface area contributed by atoms with Crippen molar-refractivity contribution in [3.63, 3.8) is 0 Å². The number of aliphatic hydroxyl groups is 10. The summed E-state index contributed by atoms with van der Waals surface area (Å²) in [6.45, 7) is -2.43. The van der Waals surface area contributed by atoms with Crippen LogP contribution in [0.1, 0.15) is 0 Å². The van der Waals surface area contributed by atoms with Gasteiger partial charge in [0.2, 0.25) is 6.29 Å². The van der Waals surface area contributed by atoms with Crippen molar-refractivity contribution >= 4 is 5.69 Å². The lowest BCUT2D eigenvalue weighted by atomic mass is 9.96. The van der Waals surface area contributed by atoms with Gasteiger partial charge in [-0.1, -0.05) is 0 Å². The van der Waals surface area contributed by atoms with Gasteiger partial charge in [0.05, 0.1) is 24.7 Å². The standard InChI is InChI=1S/C24H35NO18/c26-5-10-13(29)16(32)17(33)22(39-10)42-21-15(31)12(7-28)41-24(19(21)35)43-20-14(30)11(6-27)40-23(18(20)34)38-9-3-1-8(2-4-9)25(36)37/h1-4,10-24,26-35H,5-7H2/t10-,11-,12-,13-,14-,15-,16+,17-,18-,19-,20+,21+,22+,23-,24+/m1/s1. The molecule has 0 aliphatic carbocycles. The predicted octanol–water partition coefficient (Wildman–Crippen LogP) is -5.58. The van der Waals surface area contributed by atoms with E-state index >= 15 is 0 Å². The summed E-state index contributed by atoms with van der Waals surface area (Å²) >= 11 is 0. The van der Waals surface area contributed by atoms with Crippen LogP contribution in [-0.2, 0) is 23.7 Å². The van der Waals surface area contributed by atoms with Gasteiger partial charge in [0.25, 0.3) is 5.69 Å². The van der Waals surface area contributed by atoms with E-state index in [-0.39, 0.29) is 11.4 Å². The van der Waals surface area contributed by atoms with Gasteiger partial charge >= 0.3 is 0 Å². The van der Waals surface area contributed by atoms with E-state index in [1.54, 1.807) is 0 Å². The fraction of sp³-hybridized carbons (Fsp3) is 0.750. The van der Waals surface area contributed by atoms with Crippen LogP contribution < -0.4 is 4.74 Å². The molecule has 4 rings (SSSR count). The monoisotopic (exact) mass is 625 g/mol. The van der Waals surface area contributed by atoms with Gasteiger partial charge in [-0.05, 0) is 12.1 Å². The van der Waals surface area contributed by atoms with Crippen molar-refractivity contribution in [2.24, 2.45) is 0 Å². The molecular formula is C24H35NO18. The molecule has 0 bridgehead atoms. The minimum atomic E-state index is -1.98. The Bertz CT molecular complexity index is 1050. The second-order valence-corrected chi connectivity index (χ2v) is 10.2. The van der Waals surface area contributed by atoms with Gasteiger partial charge in [0.15, 0.2) is 12.6 Å². The molecule has 43 heavy (non-hydrogen) atoms. The van der Waals surface area contributed by atoms with Crippen LogP contribution in [0.4, 0.5) is 5.69 Å². The summed E-state index contributed by atoms with van der Waals surface area (Å²) in [6, 6.07) is 4.68. The summed E-state index contributed by atoms with van der Waals surface area (Å²) in [4.78, 5) is 10.3. The molecule has 0 unspecified atom stereocenters. The number of non-ortho nitro benzene ring substituents is 1. The molecular weight excluding hydrogens is 590 g/mol. The Labute approximate surface area is 242 Å². The van der Waals surface area contributed by atoms with Crippen molar-refractivity contribution in [2.75, 3.05) is 19.8 Å². The zero-order valence-electron chi connectivity index (χ0n) is 22.3. The summed E-state index contributed by atoms with van der Waals surface area (Å²) in [6.07, 6.45) is -25.9. The lowest BCUT2D eigenvalue weighted by molar-refractivity contribution is -0.385. The van der Waals surface area contributed by atoms with Crippen LogP contribution >= 0.6 is 0 Å². The molecule has 0 spiro atoms. The quantitative estimate of drug-likeness (QED) is 0.0856. The zero-order chi connectivity index (χ0) is 31.6. The van der Waals surface area contributed by atoms with Crippen LogP contribution in [0, 0.1) is 10.1 Å². The van der Waals surface area contributed by atoms with Gasteiger partial charge in [-0.3, -0.25) is 10.1 Å². The smallest absolute Gasteiger partial charge is 0.269 e. The minimum absolute atomic E-state index is 0.00638. The molecule has 0 radical (unpaired) electrons. The van der Waals surface area contributed by atoms with Crippen molar-refractivity contribution in [1.29, 1.82) is 0 Å². The molecule has 19 nitrogen and oxygen atoms in total. The maximum Gasteiger partial charge on any atom is 0.269 e. The Morgan fingerprint density at radius 3 is 1.49 bits per heavy atom. The molecule has 3 fully saturated rings. The Hall–Kier alpha value is -2.18. The van der Waals surface area contributed by atoms with Crippen LogP contribution in [0.3, 0.4) is 0 Å². The van der Waals surface area contributed by atoms with Gasteiger partial charge in [-0.25, -0.2) is 0 Å². The van der Waals surface area contributed by atoms with E-state index < -0.39 is 117 Å². The van der Waals surface area contributed by atoms with Crippen molar-refractivity contribution in [3.05, 3.63) is 34.4 Å². The molecule has 3 aliphatic rings. The molecule has 1 aromatic carbocycles. The largest absolute Gasteiger partial charge is 0.462 e. The maximum absolute atomic E-state index is 11.0. The highest BCUT2D eigenvalue weighted by atomic mass is 16.8. The number of nitro groups is 1. The highest BCUT2D eigenvalue weighted by Gasteiger charge is 2.54. The van der Waals surface area contributed by atoms with Gasteiger partial charge in [-0.2, -0.15) is 0 Å². The second kappa shape index (κ2) is 14.3. The average Bonchev–Trinajstić information content (AvgIpc) is 2.99. The summed E-state index contributed by atoms with van der Waals surface area (Å²) < 4.78 is 32.8. The first kappa shape index (κ1) is 33.7.